The first-order valence-electron chi connectivity index (χ1n) is 10.8. The molecule has 1 heterocycles. The van der Waals surface area contributed by atoms with Crippen molar-refractivity contribution < 1.29 is 13.9 Å². The van der Waals surface area contributed by atoms with E-state index in [1.807, 2.05) is 56.1 Å². The number of aryl methyl sites for hydroxylation is 1. The van der Waals surface area contributed by atoms with Crippen LogP contribution < -0.4 is 4.74 Å². The van der Waals surface area contributed by atoms with Crippen LogP contribution in [-0.4, -0.2) is 27.1 Å². The third-order valence-electron chi connectivity index (χ3n) is 5.49. The van der Waals surface area contributed by atoms with Crippen LogP contribution in [0.5, 0.6) is 11.6 Å². The van der Waals surface area contributed by atoms with E-state index in [1.165, 1.54) is 25.0 Å². The first kappa shape index (κ1) is 21.1. The van der Waals surface area contributed by atoms with Crippen molar-refractivity contribution in [3.05, 3.63) is 66.0 Å². The number of carbonyl (C=O) groups is 1. The number of hydrogen-bond acceptors (Lipinski definition) is 3. The van der Waals surface area contributed by atoms with Crippen molar-refractivity contribution in [2.75, 3.05) is 6.54 Å². The Morgan fingerprint density at radius 1 is 1.16 bits per heavy atom. The SMILES string of the molecule is CC(C)C(=O)N(Cc1c(-c2ccccc2)nn(C)c1Oc1ccc(F)cc1)CC1CC1. The van der Waals surface area contributed by atoms with E-state index < -0.39 is 0 Å². The van der Waals surface area contributed by atoms with Gasteiger partial charge in [0, 0.05) is 25.1 Å². The van der Waals surface area contributed by atoms with Crippen LogP contribution in [0, 0.1) is 17.7 Å². The molecule has 1 saturated carbocycles. The molecular weight excluding hydrogens is 393 g/mol. The topological polar surface area (TPSA) is 47.4 Å². The molecule has 1 aliphatic carbocycles. The lowest BCUT2D eigenvalue weighted by atomic mass is 10.1. The average Bonchev–Trinajstić information content (AvgIpc) is 3.54. The summed E-state index contributed by atoms with van der Waals surface area (Å²) in [7, 11) is 1.82. The molecule has 162 valence electrons. The van der Waals surface area contributed by atoms with Gasteiger partial charge >= 0.3 is 0 Å². The van der Waals surface area contributed by atoms with Crippen molar-refractivity contribution in [1.29, 1.82) is 0 Å². The molecule has 1 aliphatic rings. The predicted octanol–water partition coefficient (Wildman–Crippen LogP) is 5.41. The van der Waals surface area contributed by atoms with Gasteiger partial charge in [0.2, 0.25) is 11.8 Å². The monoisotopic (exact) mass is 421 g/mol. The van der Waals surface area contributed by atoms with Gasteiger partial charge in [-0.25, -0.2) is 9.07 Å². The van der Waals surface area contributed by atoms with Gasteiger partial charge < -0.3 is 9.64 Å². The summed E-state index contributed by atoms with van der Waals surface area (Å²) in [4.78, 5) is 14.9. The summed E-state index contributed by atoms with van der Waals surface area (Å²) < 4.78 is 21.2. The second-order valence-corrected chi connectivity index (χ2v) is 8.49. The number of benzene rings is 2. The lowest BCUT2D eigenvalue weighted by Gasteiger charge is -2.25. The van der Waals surface area contributed by atoms with Gasteiger partial charge in [-0.2, -0.15) is 5.10 Å². The molecule has 1 fully saturated rings. The van der Waals surface area contributed by atoms with E-state index in [0.717, 1.165) is 23.4 Å². The van der Waals surface area contributed by atoms with Gasteiger partial charge in [0.15, 0.2) is 0 Å². The van der Waals surface area contributed by atoms with E-state index >= 15 is 0 Å². The Balaban J connectivity index is 1.74. The van der Waals surface area contributed by atoms with E-state index in [4.69, 9.17) is 9.84 Å². The number of hydrogen-bond donors (Lipinski definition) is 0. The Bertz CT molecular complexity index is 1040. The number of halogens is 1. The minimum absolute atomic E-state index is 0.0861. The fourth-order valence-electron chi connectivity index (χ4n) is 3.67. The van der Waals surface area contributed by atoms with Gasteiger partial charge in [0.05, 0.1) is 12.1 Å². The third kappa shape index (κ3) is 4.95. The number of carbonyl (C=O) groups excluding carboxylic acids is 1. The molecule has 0 spiro atoms. The van der Waals surface area contributed by atoms with Crippen LogP contribution in [0.4, 0.5) is 4.39 Å². The normalized spacial score (nSPS) is 13.5. The highest BCUT2D eigenvalue weighted by atomic mass is 19.1. The summed E-state index contributed by atoms with van der Waals surface area (Å²) in [6, 6.07) is 15.8. The molecule has 0 saturated heterocycles. The summed E-state index contributed by atoms with van der Waals surface area (Å²) in [5.74, 6) is 1.37. The first-order valence-corrected chi connectivity index (χ1v) is 10.8. The summed E-state index contributed by atoms with van der Waals surface area (Å²) in [5, 5.41) is 4.73. The quantitative estimate of drug-likeness (QED) is 0.488. The van der Waals surface area contributed by atoms with E-state index in [0.29, 0.717) is 24.1 Å². The van der Waals surface area contributed by atoms with Gasteiger partial charge in [-0.15, -0.1) is 0 Å². The molecule has 6 heteroatoms. The molecule has 3 aromatic rings. The Morgan fingerprint density at radius 2 is 1.84 bits per heavy atom. The number of rotatable bonds is 8. The van der Waals surface area contributed by atoms with Crippen LogP contribution in [0.25, 0.3) is 11.3 Å². The number of ether oxygens (including phenoxy) is 1. The zero-order chi connectivity index (χ0) is 22.0. The van der Waals surface area contributed by atoms with Crippen molar-refractivity contribution in [1.82, 2.24) is 14.7 Å². The van der Waals surface area contributed by atoms with Crippen molar-refractivity contribution in [2.24, 2.45) is 18.9 Å². The third-order valence-corrected chi connectivity index (χ3v) is 5.49. The second-order valence-electron chi connectivity index (χ2n) is 8.49. The number of amides is 1. The molecule has 0 aliphatic heterocycles. The maximum absolute atomic E-state index is 13.4. The zero-order valence-electron chi connectivity index (χ0n) is 18.2. The highest BCUT2D eigenvalue weighted by Gasteiger charge is 2.30. The first-order chi connectivity index (χ1) is 14.9. The Morgan fingerprint density at radius 3 is 2.45 bits per heavy atom. The zero-order valence-corrected chi connectivity index (χ0v) is 18.2. The Kier molecular flexibility index (Phi) is 6.07. The minimum Gasteiger partial charge on any atom is -0.439 e. The molecule has 1 aromatic heterocycles. The fourth-order valence-corrected chi connectivity index (χ4v) is 3.67. The molecule has 5 nitrogen and oxygen atoms in total. The molecule has 31 heavy (non-hydrogen) atoms. The molecular formula is C25H28FN3O2. The maximum Gasteiger partial charge on any atom is 0.225 e. The van der Waals surface area contributed by atoms with Crippen molar-refractivity contribution in [2.45, 2.75) is 33.2 Å². The van der Waals surface area contributed by atoms with Crippen LogP contribution in [0.15, 0.2) is 54.6 Å². The van der Waals surface area contributed by atoms with Crippen LogP contribution >= 0.6 is 0 Å². The summed E-state index contributed by atoms with van der Waals surface area (Å²) in [6.07, 6.45) is 2.33. The van der Waals surface area contributed by atoms with E-state index in [2.05, 4.69) is 0 Å². The Hall–Kier alpha value is -3.15. The molecule has 4 rings (SSSR count). The summed E-state index contributed by atoms with van der Waals surface area (Å²) in [5.41, 5.74) is 2.61. The smallest absolute Gasteiger partial charge is 0.225 e. The van der Waals surface area contributed by atoms with Crippen LogP contribution in [-0.2, 0) is 18.4 Å². The molecule has 0 N–H and O–H groups in total. The molecule has 0 bridgehead atoms. The van der Waals surface area contributed by atoms with Gasteiger partial charge in [-0.3, -0.25) is 4.79 Å². The van der Waals surface area contributed by atoms with Crippen LogP contribution in [0.2, 0.25) is 0 Å². The Labute approximate surface area is 182 Å². The minimum atomic E-state index is -0.319. The van der Waals surface area contributed by atoms with Crippen molar-refractivity contribution >= 4 is 5.91 Å². The van der Waals surface area contributed by atoms with Crippen LogP contribution in [0.1, 0.15) is 32.3 Å². The number of nitrogens with zero attached hydrogens (tertiary/aromatic N) is 3. The highest BCUT2D eigenvalue weighted by molar-refractivity contribution is 5.78. The molecule has 0 atom stereocenters. The van der Waals surface area contributed by atoms with E-state index in [9.17, 15) is 9.18 Å². The lowest BCUT2D eigenvalue weighted by molar-refractivity contribution is -0.135. The van der Waals surface area contributed by atoms with Gasteiger partial charge in [-0.05, 0) is 43.0 Å². The van der Waals surface area contributed by atoms with E-state index in [-0.39, 0.29) is 17.6 Å². The van der Waals surface area contributed by atoms with E-state index in [1.54, 1.807) is 16.8 Å². The summed E-state index contributed by atoms with van der Waals surface area (Å²) in [6.45, 7) is 5.03. The van der Waals surface area contributed by atoms with Gasteiger partial charge in [-0.1, -0.05) is 44.2 Å². The fraction of sp³-hybridized carbons (Fsp3) is 0.360. The standard InChI is InChI=1S/C25H28FN3O2/c1-17(2)24(30)29(15-18-9-10-18)16-22-23(19-7-5-4-6-8-19)27-28(3)25(22)31-21-13-11-20(26)12-14-21/h4-8,11-14,17-18H,9-10,15-16H2,1-3H3. The number of aromatic nitrogens is 2. The molecule has 0 unspecified atom stereocenters. The van der Waals surface area contributed by atoms with Gasteiger partial charge in [0.1, 0.15) is 17.3 Å². The van der Waals surface area contributed by atoms with Crippen molar-refractivity contribution in [3.63, 3.8) is 0 Å². The second kappa shape index (κ2) is 8.92. The van der Waals surface area contributed by atoms with Crippen LogP contribution in [0.3, 0.4) is 0 Å². The largest absolute Gasteiger partial charge is 0.439 e. The lowest BCUT2D eigenvalue weighted by Crippen LogP contribution is -2.35. The molecule has 0 radical (unpaired) electrons. The molecule has 1 amide bonds. The van der Waals surface area contributed by atoms with Gasteiger partial charge in [0.25, 0.3) is 0 Å². The molecule has 2 aromatic carbocycles. The highest BCUT2D eigenvalue weighted by Crippen LogP contribution is 2.36. The van der Waals surface area contributed by atoms with Crippen molar-refractivity contribution in [3.8, 4) is 22.9 Å². The summed E-state index contributed by atoms with van der Waals surface area (Å²) >= 11 is 0. The predicted molar refractivity (Wildman–Crippen MR) is 118 cm³/mol. The maximum atomic E-state index is 13.4. The average molecular weight is 422 g/mol.